The number of benzene rings is 3. The van der Waals surface area contributed by atoms with Crippen LogP contribution in [0.1, 0.15) is 35.2 Å². The highest BCUT2D eigenvalue weighted by molar-refractivity contribution is 9.10. The zero-order valence-corrected chi connectivity index (χ0v) is 16.6. The number of fused-ring (bicyclic) bond motifs is 3. The molecule has 5 rings (SSSR count). The first kappa shape index (κ1) is 16.6. The molecule has 134 valence electrons. The number of hydrogen-bond donors (Lipinski definition) is 1. The van der Waals surface area contributed by atoms with Gasteiger partial charge in [-0.1, -0.05) is 70.0 Å². The second-order valence-corrected chi connectivity index (χ2v) is 8.12. The van der Waals surface area contributed by atoms with Crippen LogP contribution in [0, 0.1) is 6.92 Å². The summed E-state index contributed by atoms with van der Waals surface area (Å²) in [5.41, 5.74) is 6.13. The third-order valence-corrected chi connectivity index (χ3v) is 5.90. The minimum Gasteiger partial charge on any atom is -0.349 e. The zero-order valence-electron chi connectivity index (χ0n) is 15.1. The minimum absolute atomic E-state index is 0.230. The van der Waals surface area contributed by atoms with E-state index in [1.54, 1.807) is 0 Å². The number of imidazole rings is 1. The molecule has 1 aromatic heterocycles. The van der Waals surface area contributed by atoms with Crippen LogP contribution < -0.4 is 5.32 Å². The molecule has 0 radical (unpaired) electrons. The number of nitrogens with one attached hydrogen (secondary N) is 1. The Morgan fingerprint density at radius 1 is 0.963 bits per heavy atom. The van der Waals surface area contributed by atoms with Gasteiger partial charge in [0, 0.05) is 4.47 Å². The third-order valence-electron chi connectivity index (χ3n) is 5.37. The van der Waals surface area contributed by atoms with E-state index in [2.05, 4.69) is 106 Å². The molecule has 0 spiro atoms. The van der Waals surface area contributed by atoms with Gasteiger partial charge >= 0.3 is 0 Å². The fraction of sp³-hybridized carbons (Fsp3) is 0.174. The molecule has 4 aromatic rings. The van der Waals surface area contributed by atoms with Crippen LogP contribution in [0.25, 0.3) is 11.0 Å². The molecule has 3 nitrogen and oxygen atoms in total. The Morgan fingerprint density at radius 3 is 2.59 bits per heavy atom. The fourth-order valence-electron chi connectivity index (χ4n) is 4.08. The molecule has 0 fully saturated rings. The fourth-order valence-corrected chi connectivity index (χ4v) is 4.35. The van der Waals surface area contributed by atoms with Gasteiger partial charge in [-0.15, -0.1) is 0 Å². The molecule has 1 aliphatic heterocycles. The van der Waals surface area contributed by atoms with Crippen molar-refractivity contribution in [3.05, 3.63) is 94.0 Å². The maximum atomic E-state index is 4.89. The molecule has 2 atom stereocenters. The van der Waals surface area contributed by atoms with Gasteiger partial charge in [-0.2, -0.15) is 0 Å². The lowest BCUT2D eigenvalue weighted by Gasteiger charge is -2.33. The van der Waals surface area contributed by atoms with Crippen molar-refractivity contribution in [2.24, 2.45) is 0 Å². The van der Waals surface area contributed by atoms with E-state index in [1.807, 2.05) is 0 Å². The first-order valence-corrected chi connectivity index (χ1v) is 10.0. The van der Waals surface area contributed by atoms with Gasteiger partial charge in [-0.05, 0) is 48.7 Å². The Kier molecular flexibility index (Phi) is 4.01. The van der Waals surface area contributed by atoms with Crippen molar-refractivity contribution in [3.8, 4) is 0 Å². The number of aromatic nitrogens is 2. The van der Waals surface area contributed by atoms with Crippen molar-refractivity contribution in [1.29, 1.82) is 0 Å². The Morgan fingerprint density at radius 2 is 1.78 bits per heavy atom. The predicted octanol–water partition coefficient (Wildman–Crippen LogP) is 6.25. The van der Waals surface area contributed by atoms with Crippen LogP contribution in [-0.2, 0) is 0 Å². The predicted molar refractivity (Wildman–Crippen MR) is 114 cm³/mol. The zero-order chi connectivity index (χ0) is 18.4. The van der Waals surface area contributed by atoms with Crippen molar-refractivity contribution in [1.82, 2.24) is 9.55 Å². The lowest BCUT2D eigenvalue weighted by Crippen LogP contribution is -2.27. The first-order chi connectivity index (χ1) is 13.2. The van der Waals surface area contributed by atoms with Crippen molar-refractivity contribution < 1.29 is 0 Å². The molecule has 0 aliphatic carbocycles. The second-order valence-electron chi connectivity index (χ2n) is 7.21. The summed E-state index contributed by atoms with van der Waals surface area (Å²) >= 11 is 3.54. The van der Waals surface area contributed by atoms with Crippen LogP contribution in [0.2, 0.25) is 0 Å². The van der Waals surface area contributed by atoms with Crippen molar-refractivity contribution in [2.75, 3.05) is 5.32 Å². The third kappa shape index (κ3) is 2.94. The highest BCUT2D eigenvalue weighted by atomic mass is 79.9. The van der Waals surface area contributed by atoms with E-state index in [4.69, 9.17) is 4.98 Å². The molecule has 4 heteroatoms. The smallest absolute Gasteiger partial charge is 0.204 e. The molecule has 2 heterocycles. The maximum absolute atomic E-state index is 4.89. The summed E-state index contributed by atoms with van der Waals surface area (Å²) in [5.74, 6) is 0.946. The van der Waals surface area contributed by atoms with Crippen LogP contribution in [0.3, 0.4) is 0 Å². The van der Waals surface area contributed by atoms with Gasteiger partial charge < -0.3 is 9.88 Å². The van der Waals surface area contributed by atoms with Gasteiger partial charge in [0.2, 0.25) is 5.95 Å². The quantitative estimate of drug-likeness (QED) is 0.417. The minimum atomic E-state index is 0.230. The van der Waals surface area contributed by atoms with E-state index in [-0.39, 0.29) is 12.1 Å². The molecular weight excluding hydrogens is 398 g/mol. The summed E-state index contributed by atoms with van der Waals surface area (Å²) in [6.07, 6.45) is 0.985. The van der Waals surface area contributed by atoms with Gasteiger partial charge in [0.1, 0.15) is 0 Å². The van der Waals surface area contributed by atoms with Crippen LogP contribution in [0.4, 0.5) is 5.95 Å². The number of nitrogens with zero attached hydrogens (tertiary/aromatic N) is 2. The molecule has 0 amide bonds. The highest BCUT2D eigenvalue weighted by Gasteiger charge is 2.30. The molecule has 1 N–H and O–H groups in total. The average Bonchev–Trinajstić information content (AvgIpc) is 3.06. The summed E-state index contributed by atoms with van der Waals surface area (Å²) in [4.78, 5) is 4.89. The van der Waals surface area contributed by atoms with Gasteiger partial charge in [-0.25, -0.2) is 4.98 Å². The standard InChI is InChI=1S/C23H20BrN3/c1-15-5-4-6-17(13-15)22-14-20(16-9-11-18(24)12-10-16)26-23-25-19-7-2-3-8-21(19)27(22)23/h2-13,20,22H,14H2,1H3,(H,25,26)/t20-,22-/m0/s1. The number of halogens is 1. The van der Waals surface area contributed by atoms with E-state index < -0.39 is 0 Å². The van der Waals surface area contributed by atoms with Crippen LogP contribution >= 0.6 is 15.9 Å². The maximum Gasteiger partial charge on any atom is 0.204 e. The number of para-hydroxylation sites is 2. The highest BCUT2D eigenvalue weighted by Crippen LogP contribution is 2.41. The van der Waals surface area contributed by atoms with E-state index in [0.29, 0.717) is 0 Å². The lowest BCUT2D eigenvalue weighted by molar-refractivity contribution is 0.477. The van der Waals surface area contributed by atoms with Crippen LogP contribution in [0.5, 0.6) is 0 Å². The van der Waals surface area contributed by atoms with Crippen LogP contribution in [0.15, 0.2) is 77.3 Å². The van der Waals surface area contributed by atoms with E-state index in [9.17, 15) is 0 Å². The summed E-state index contributed by atoms with van der Waals surface area (Å²) < 4.78 is 3.46. The Bertz CT molecular complexity index is 1110. The molecule has 27 heavy (non-hydrogen) atoms. The number of rotatable bonds is 2. The molecule has 1 aliphatic rings. The molecule has 0 saturated carbocycles. The van der Waals surface area contributed by atoms with Crippen LogP contribution in [-0.4, -0.2) is 9.55 Å². The molecule has 0 unspecified atom stereocenters. The van der Waals surface area contributed by atoms with Crippen molar-refractivity contribution >= 4 is 32.9 Å². The van der Waals surface area contributed by atoms with Crippen molar-refractivity contribution in [3.63, 3.8) is 0 Å². The van der Waals surface area contributed by atoms with E-state index in [1.165, 1.54) is 22.2 Å². The Labute approximate surface area is 167 Å². The van der Waals surface area contributed by atoms with Gasteiger partial charge in [-0.3, -0.25) is 0 Å². The summed E-state index contributed by atoms with van der Waals surface area (Å²) in [7, 11) is 0. The second kappa shape index (κ2) is 6.54. The normalized spacial score (nSPS) is 18.9. The monoisotopic (exact) mass is 417 g/mol. The summed E-state index contributed by atoms with van der Waals surface area (Å²) in [6, 6.07) is 26.3. The average molecular weight is 418 g/mol. The van der Waals surface area contributed by atoms with E-state index >= 15 is 0 Å². The Hall–Kier alpha value is -2.59. The molecule has 3 aromatic carbocycles. The largest absolute Gasteiger partial charge is 0.349 e. The summed E-state index contributed by atoms with van der Waals surface area (Å²) in [6.45, 7) is 2.16. The lowest BCUT2D eigenvalue weighted by atomic mass is 9.92. The topological polar surface area (TPSA) is 29.9 Å². The van der Waals surface area contributed by atoms with Crippen molar-refractivity contribution in [2.45, 2.75) is 25.4 Å². The molecular formula is C23H20BrN3. The Balaban J connectivity index is 1.67. The number of anilines is 1. The van der Waals surface area contributed by atoms with Gasteiger partial charge in [0.05, 0.1) is 23.1 Å². The number of aryl methyl sites for hydroxylation is 1. The van der Waals surface area contributed by atoms with Gasteiger partial charge in [0.25, 0.3) is 0 Å². The number of hydrogen-bond acceptors (Lipinski definition) is 2. The van der Waals surface area contributed by atoms with Gasteiger partial charge in [0.15, 0.2) is 0 Å². The van der Waals surface area contributed by atoms with E-state index in [0.717, 1.165) is 22.4 Å². The molecule has 0 saturated heterocycles. The summed E-state index contributed by atoms with van der Waals surface area (Å²) in [5, 5.41) is 3.67. The SMILES string of the molecule is Cc1cccc([C@@H]2C[C@@H](c3ccc(Br)cc3)Nc3nc4ccccc4n32)c1. The first-order valence-electron chi connectivity index (χ1n) is 9.24. The molecule has 0 bridgehead atoms.